The predicted octanol–water partition coefficient (Wildman–Crippen LogP) is 5.17. The summed E-state index contributed by atoms with van der Waals surface area (Å²) in [5.41, 5.74) is -0.777. The van der Waals surface area contributed by atoms with Crippen molar-refractivity contribution in [1.82, 2.24) is 4.72 Å². The minimum Gasteiger partial charge on any atom is -0.454 e. The van der Waals surface area contributed by atoms with Gasteiger partial charge >= 0.3 is 6.18 Å². The Morgan fingerprint density at radius 3 is 2.31 bits per heavy atom. The molecule has 2 N–H and O–H groups in total. The molecule has 1 heterocycles. The van der Waals surface area contributed by atoms with Crippen LogP contribution >= 0.6 is 0 Å². The molecule has 3 aromatic carbocycles. The molecule has 0 radical (unpaired) electrons. The summed E-state index contributed by atoms with van der Waals surface area (Å²) in [5, 5.41) is 2.76. The fourth-order valence-corrected chi connectivity index (χ4v) is 4.99. The van der Waals surface area contributed by atoms with Crippen LogP contribution in [0.3, 0.4) is 0 Å². The van der Waals surface area contributed by atoms with E-state index in [9.17, 15) is 26.4 Å². The number of rotatable bonds is 6. The van der Waals surface area contributed by atoms with Crippen LogP contribution in [-0.4, -0.2) is 28.2 Å². The maximum atomic E-state index is 13.8. The second kappa shape index (κ2) is 8.52. The average molecular weight is 523 g/mol. The van der Waals surface area contributed by atoms with Gasteiger partial charge in [0, 0.05) is 8.54 Å². The zero-order valence-corrected chi connectivity index (χ0v) is 19.8. The number of carbonyl (C=O) groups is 1. The molecule has 1 fully saturated rings. The van der Waals surface area contributed by atoms with Crippen molar-refractivity contribution in [2.75, 3.05) is 19.2 Å². The molecule has 1 aliphatic carbocycles. The molecule has 0 atom stereocenters. The third kappa shape index (κ3) is 4.28. The zero-order chi connectivity index (χ0) is 25.7. The van der Waals surface area contributed by atoms with Crippen LogP contribution in [0.2, 0.25) is 0 Å². The van der Waals surface area contributed by atoms with Crippen LogP contribution < -0.4 is 19.5 Å². The number of amides is 1. The average Bonchev–Trinajstić information content (AvgIpc) is 3.54. The fourth-order valence-electron chi connectivity index (χ4n) is 4.26. The molecule has 192 valence electrons. The number of hydrogen-bond acceptors (Lipinski definition) is 5. The Morgan fingerprint density at radius 2 is 1.67 bits per heavy atom. The first-order valence-corrected chi connectivity index (χ1v) is 12.5. The Bertz CT molecular complexity index is 1460. The lowest BCUT2D eigenvalue weighted by molar-refractivity contribution is -0.137. The number of sulfonamides is 1. The molecule has 1 aliphatic heterocycles. The maximum Gasteiger partial charge on any atom is 0.417 e. The first kappa shape index (κ1) is 24.1. The SMILES string of the molecule is CNS(=O)(=O)c1ccc(-c2cc(NC(=O)C3(c4ccc5c(c4)OCO5)CC3)ccc2C(F)(F)F)cc1.[HH].[HH]. The summed E-state index contributed by atoms with van der Waals surface area (Å²) in [5.74, 6) is 0.811. The molecule has 0 saturated heterocycles. The molecule has 0 unspecified atom stereocenters. The second-order valence-corrected chi connectivity index (χ2v) is 10.5. The molecule has 2 aliphatic rings. The molecular formula is C25H25F3N2O5S. The second-order valence-electron chi connectivity index (χ2n) is 8.59. The van der Waals surface area contributed by atoms with Crippen molar-refractivity contribution in [3.63, 3.8) is 0 Å². The van der Waals surface area contributed by atoms with Crippen molar-refractivity contribution in [3.05, 3.63) is 71.8 Å². The number of carbonyl (C=O) groups excluding carboxylic acids is 1. The lowest BCUT2D eigenvalue weighted by atomic mass is 9.94. The highest BCUT2D eigenvalue weighted by Gasteiger charge is 2.51. The molecule has 0 bridgehead atoms. The van der Waals surface area contributed by atoms with E-state index < -0.39 is 27.2 Å². The summed E-state index contributed by atoms with van der Waals surface area (Å²) in [6.45, 7) is 0.105. The van der Waals surface area contributed by atoms with Crippen molar-refractivity contribution < 1.29 is 38.7 Å². The van der Waals surface area contributed by atoms with Crippen LogP contribution in [0.15, 0.2) is 65.6 Å². The van der Waals surface area contributed by atoms with Crippen molar-refractivity contribution in [2.24, 2.45) is 0 Å². The maximum absolute atomic E-state index is 13.8. The van der Waals surface area contributed by atoms with Crippen LogP contribution in [0.25, 0.3) is 11.1 Å². The standard InChI is InChI=1S/C25H21F3N2O5S.2H2/c1-29-36(32,33)18-6-2-15(3-7-18)19-13-17(5-8-20(19)25(26,27)28)30-23(31)24(10-11-24)16-4-9-21-22(12-16)35-14-34-21;;/h2-9,12-13,29H,10-11,14H2,1H3,(H,30,31);2*1H. The van der Waals surface area contributed by atoms with E-state index in [4.69, 9.17) is 9.47 Å². The lowest BCUT2D eigenvalue weighted by Gasteiger charge is -2.19. The molecule has 36 heavy (non-hydrogen) atoms. The van der Waals surface area contributed by atoms with Gasteiger partial charge in [-0.3, -0.25) is 4.79 Å². The van der Waals surface area contributed by atoms with Crippen molar-refractivity contribution in [3.8, 4) is 22.6 Å². The van der Waals surface area contributed by atoms with Crippen LogP contribution in [-0.2, 0) is 26.4 Å². The topological polar surface area (TPSA) is 93.7 Å². The molecule has 1 saturated carbocycles. The van der Waals surface area contributed by atoms with E-state index in [1.54, 1.807) is 18.2 Å². The van der Waals surface area contributed by atoms with Crippen LogP contribution in [0.1, 0.15) is 26.8 Å². The number of nitrogens with one attached hydrogen (secondary N) is 2. The molecule has 7 nitrogen and oxygen atoms in total. The van der Waals surface area contributed by atoms with E-state index >= 15 is 0 Å². The fraction of sp³-hybridized carbons (Fsp3) is 0.240. The first-order valence-electron chi connectivity index (χ1n) is 11.0. The van der Waals surface area contributed by atoms with Gasteiger partial charge in [0.25, 0.3) is 0 Å². The number of halogens is 3. The third-order valence-electron chi connectivity index (χ3n) is 6.44. The van der Waals surface area contributed by atoms with E-state index in [0.29, 0.717) is 24.3 Å². The summed E-state index contributed by atoms with van der Waals surface area (Å²) < 4.78 is 78.1. The van der Waals surface area contributed by atoms with Crippen LogP contribution in [0.5, 0.6) is 11.5 Å². The van der Waals surface area contributed by atoms with Crippen molar-refractivity contribution >= 4 is 21.6 Å². The third-order valence-corrected chi connectivity index (χ3v) is 7.87. The van der Waals surface area contributed by atoms with Crippen molar-refractivity contribution in [1.29, 1.82) is 0 Å². The van der Waals surface area contributed by atoms with Crippen LogP contribution in [0.4, 0.5) is 18.9 Å². The summed E-state index contributed by atoms with van der Waals surface area (Å²) in [4.78, 5) is 13.2. The van der Waals surface area contributed by atoms with E-state index in [0.717, 1.165) is 11.6 Å². The first-order chi connectivity index (χ1) is 17.0. The van der Waals surface area contributed by atoms with Gasteiger partial charge in [0.05, 0.1) is 15.9 Å². The van der Waals surface area contributed by atoms with Crippen molar-refractivity contribution in [2.45, 2.75) is 29.3 Å². The number of ether oxygens (including phenoxy) is 2. The quantitative estimate of drug-likeness (QED) is 0.466. The van der Waals surface area contributed by atoms with E-state index in [1.807, 2.05) is 0 Å². The lowest BCUT2D eigenvalue weighted by Crippen LogP contribution is -2.27. The zero-order valence-electron chi connectivity index (χ0n) is 19.0. The van der Waals surface area contributed by atoms with Gasteiger partial charge in [0.2, 0.25) is 22.7 Å². The number of anilines is 1. The normalized spacial score (nSPS) is 16.0. The molecule has 1 amide bonds. The smallest absolute Gasteiger partial charge is 0.417 e. The molecular weight excluding hydrogens is 497 g/mol. The van der Waals surface area contributed by atoms with E-state index in [-0.39, 0.29) is 37.3 Å². The minimum atomic E-state index is -4.65. The molecule has 5 rings (SSSR count). The Hall–Kier alpha value is -3.57. The summed E-state index contributed by atoms with van der Waals surface area (Å²) >= 11 is 0. The molecule has 0 aromatic heterocycles. The predicted molar refractivity (Wildman–Crippen MR) is 129 cm³/mol. The minimum absolute atomic E-state index is 0. The Balaban J connectivity index is 0.00000200. The van der Waals surface area contributed by atoms with Gasteiger partial charge in [-0.15, -0.1) is 0 Å². The largest absolute Gasteiger partial charge is 0.454 e. The molecule has 3 aromatic rings. The van der Waals surface area contributed by atoms with Gasteiger partial charge < -0.3 is 14.8 Å². The highest BCUT2D eigenvalue weighted by atomic mass is 32.2. The summed E-state index contributed by atoms with van der Waals surface area (Å²) in [7, 11) is -2.50. The van der Waals surface area contributed by atoms with Crippen LogP contribution in [0, 0.1) is 0 Å². The summed E-state index contributed by atoms with van der Waals surface area (Å²) in [6, 6.07) is 13.7. The molecule has 11 heteroatoms. The highest BCUT2D eigenvalue weighted by Crippen LogP contribution is 2.51. The van der Waals surface area contributed by atoms with E-state index in [1.165, 1.54) is 43.4 Å². The molecule has 0 spiro atoms. The Labute approximate surface area is 208 Å². The Morgan fingerprint density at radius 1 is 0.972 bits per heavy atom. The highest BCUT2D eigenvalue weighted by molar-refractivity contribution is 7.89. The summed E-state index contributed by atoms with van der Waals surface area (Å²) in [6.07, 6.45) is -3.47. The number of fused-ring (bicyclic) bond motifs is 1. The number of benzene rings is 3. The Kier molecular flexibility index (Phi) is 5.72. The number of hydrogen-bond donors (Lipinski definition) is 2. The van der Waals surface area contributed by atoms with Gasteiger partial charge in [0.1, 0.15) is 0 Å². The van der Waals surface area contributed by atoms with Gasteiger partial charge in [-0.1, -0.05) is 18.2 Å². The monoisotopic (exact) mass is 522 g/mol. The van der Waals surface area contributed by atoms with Gasteiger partial charge in [-0.2, -0.15) is 13.2 Å². The van der Waals surface area contributed by atoms with E-state index in [2.05, 4.69) is 10.0 Å². The number of alkyl halides is 3. The van der Waals surface area contributed by atoms with Gasteiger partial charge in [-0.05, 0) is 79.0 Å². The van der Waals surface area contributed by atoms with Gasteiger partial charge in [-0.25, -0.2) is 13.1 Å². The van der Waals surface area contributed by atoms with Gasteiger partial charge in [0.15, 0.2) is 11.5 Å².